The van der Waals surface area contributed by atoms with Gasteiger partial charge in [0, 0.05) is 27.9 Å². The molecule has 2 rings (SSSR count). The molecule has 0 aliphatic rings. The molecule has 1 heterocycles. The Labute approximate surface area is 170 Å². The van der Waals surface area contributed by atoms with E-state index in [1.54, 1.807) is 25.6 Å². The van der Waals surface area contributed by atoms with Crippen molar-refractivity contribution in [3.05, 3.63) is 45.6 Å². The van der Waals surface area contributed by atoms with Gasteiger partial charge in [0.2, 0.25) is 0 Å². The molecule has 0 fully saturated rings. The van der Waals surface area contributed by atoms with Crippen molar-refractivity contribution in [2.75, 3.05) is 20.8 Å². The lowest BCUT2D eigenvalue weighted by Gasteiger charge is -2.12. The van der Waals surface area contributed by atoms with Crippen molar-refractivity contribution < 1.29 is 9.47 Å². The lowest BCUT2D eigenvalue weighted by atomic mass is 10.2. The molecule has 0 aliphatic carbocycles. The maximum atomic E-state index is 5.42. The molecule has 1 aromatic heterocycles. The summed E-state index contributed by atoms with van der Waals surface area (Å²) in [5, 5.41) is 6.63. The summed E-state index contributed by atoms with van der Waals surface area (Å²) < 4.78 is 10.6. The van der Waals surface area contributed by atoms with Crippen LogP contribution in [0.25, 0.3) is 0 Å². The summed E-state index contributed by atoms with van der Waals surface area (Å²) in [6.07, 6.45) is 0. The lowest BCUT2D eigenvalue weighted by Crippen LogP contribution is -2.36. The van der Waals surface area contributed by atoms with Crippen molar-refractivity contribution in [3.8, 4) is 11.5 Å². The summed E-state index contributed by atoms with van der Waals surface area (Å²) in [6.45, 7) is 6.29. The largest absolute Gasteiger partial charge is 0.497 e. The Kier molecular flexibility index (Phi) is 9.66. The molecule has 0 amide bonds. The fraction of sp³-hybridized carbons (Fsp3) is 0.389. The Morgan fingerprint density at radius 1 is 1.12 bits per heavy atom. The number of thiophene rings is 1. The van der Waals surface area contributed by atoms with Gasteiger partial charge in [0.05, 0.1) is 27.3 Å². The number of nitrogens with one attached hydrogen (secondary N) is 2. The highest BCUT2D eigenvalue weighted by atomic mass is 127. The Bertz CT molecular complexity index is 689. The van der Waals surface area contributed by atoms with Crippen molar-refractivity contribution in [1.29, 1.82) is 0 Å². The van der Waals surface area contributed by atoms with Gasteiger partial charge in [0.25, 0.3) is 0 Å². The van der Waals surface area contributed by atoms with Crippen LogP contribution in [0, 0.1) is 6.92 Å². The van der Waals surface area contributed by atoms with E-state index in [2.05, 4.69) is 41.6 Å². The first-order valence-electron chi connectivity index (χ1n) is 7.94. The van der Waals surface area contributed by atoms with Gasteiger partial charge in [-0.2, -0.15) is 0 Å². The van der Waals surface area contributed by atoms with Gasteiger partial charge >= 0.3 is 0 Å². The Morgan fingerprint density at radius 3 is 2.52 bits per heavy atom. The Balaban J connectivity index is 0.00000312. The number of hydrogen-bond donors (Lipinski definition) is 2. The molecule has 2 aromatic rings. The SMILES string of the molecule is CCNC(=NCc1ccc(OC)cc1OC)NCc1ccc(C)s1.I. The standard InChI is InChI=1S/C18H25N3O2S.HI/c1-5-19-18(21-12-16-9-6-13(2)24-16)20-11-14-7-8-15(22-3)10-17(14)23-4;/h6-10H,5,11-12H2,1-4H3,(H2,19,20,21);1H. The second-order valence-corrected chi connectivity index (χ2v) is 6.61. The number of nitrogens with zero attached hydrogens (tertiary/aromatic N) is 1. The predicted molar refractivity (Wildman–Crippen MR) is 116 cm³/mol. The van der Waals surface area contributed by atoms with E-state index in [1.165, 1.54) is 9.75 Å². The second-order valence-electron chi connectivity index (χ2n) is 5.24. The quantitative estimate of drug-likeness (QED) is 0.362. The molecule has 0 radical (unpaired) electrons. The fourth-order valence-corrected chi connectivity index (χ4v) is 3.07. The monoisotopic (exact) mass is 475 g/mol. The molecule has 138 valence electrons. The highest BCUT2D eigenvalue weighted by molar-refractivity contribution is 14.0. The summed E-state index contributed by atoms with van der Waals surface area (Å²) in [6, 6.07) is 10.0. The van der Waals surface area contributed by atoms with E-state index in [1.807, 2.05) is 18.2 Å². The molecule has 1 aromatic carbocycles. The van der Waals surface area contributed by atoms with Crippen LogP contribution >= 0.6 is 35.3 Å². The van der Waals surface area contributed by atoms with Gasteiger partial charge in [-0.15, -0.1) is 35.3 Å². The van der Waals surface area contributed by atoms with Crippen LogP contribution in [-0.2, 0) is 13.1 Å². The van der Waals surface area contributed by atoms with Crippen molar-refractivity contribution >= 4 is 41.3 Å². The number of aryl methyl sites for hydroxylation is 1. The number of methoxy groups -OCH3 is 2. The van der Waals surface area contributed by atoms with E-state index in [0.717, 1.165) is 36.1 Å². The third-order valence-corrected chi connectivity index (χ3v) is 4.47. The molecule has 0 saturated carbocycles. The predicted octanol–water partition coefficient (Wildman–Crippen LogP) is 3.95. The number of halogens is 1. The molecule has 0 atom stereocenters. The van der Waals surface area contributed by atoms with E-state index in [4.69, 9.17) is 9.47 Å². The number of aliphatic imine (C=N–C) groups is 1. The number of guanidine groups is 1. The molecule has 25 heavy (non-hydrogen) atoms. The topological polar surface area (TPSA) is 54.9 Å². The Hall–Kier alpha value is -1.48. The smallest absolute Gasteiger partial charge is 0.191 e. The minimum atomic E-state index is 0. The van der Waals surface area contributed by atoms with Gasteiger partial charge in [-0.3, -0.25) is 0 Å². The van der Waals surface area contributed by atoms with Crippen LogP contribution in [-0.4, -0.2) is 26.7 Å². The van der Waals surface area contributed by atoms with Crippen LogP contribution in [0.5, 0.6) is 11.5 Å². The van der Waals surface area contributed by atoms with E-state index < -0.39 is 0 Å². The molecule has 0 unspecified atom stereocenters. The maximum absolute atomic E-state index is 5.42. The molecule has 2 N–H and O–H groups in total. The van der Waals surface area contributed by atoms with Crippen LogP contribution in [0.4, 0.5) is 0 Å². The molecule has 0 bridgehead atoms. The highest BCUT2D eigenvalue weighted by Crippen LogP contribution is 2.25. The molecule has 5 nitrogen and oxygen atoms in total. The third kappa shape index (κ3) is 6.74. The molecule has 0 saturated heterocycles. The first-order chi connectivity index (χ1) is 11.7. The molecular formula is C18H26IN3O2S. The van der Waals surface area contributed by atoms with Gasteiger partial charge in [-0.05, 0) is 38.1 Å². The second kappa shape index (κ2) is 11.2. The highest BCUT2D eigenvalue weighted by Gasteiger charge is 2.06. The average Bonchev–Trinajstić information content (AvgIpc) is 3.02. The summed E-state index contributed by atoms with van der Waals surface area (Å²) >= 11 is 1.79. The molecule has 0 spiro atoms. The summed E-state index contributed by atoms with van der Waals surface area (Å²) in [5.74, 6) is 2.35. The number of hydrogen-bond acceptors (Lipinski definition) is 4. The zero-order valence-corrected chi connectivity index (χ0v) is 18.2. The van der Waals surface area contributed by atoms with Crippen LogP contribution in [0.2, 0.25) is 0 Å². The third-order valence-electron chi connectivity index (χ3n) is 3.47. The molecular weight excluding hydrogens is 449 g/mol. The van der Waals surface area contributed by atoms with Gasteiger partial charge in [0.15, 0.2) is 5.96 Å². The van der Waals surface area contributed by atoms with E-state index >= 15 is 0 Å². The van der Waals surface area contributed by atoms with E-state index in [9.17, 15) is 0 Å². The summed E-state index contributed by atoms with van der Waals surface area (Å²) in [4.78, 5) is 7.26. The number of benzene rings is 1. The first-order valence-corrected chi connectivity index (χ1v) is 8.76. The van der Waals surface area contributed by atoms with Gasteiger partial charge < -0.3 is 20.1 Å². The zero-order valence-electron chi connectivity index (χ0n) is 15.1. The van der Waals surface area contributed by atoms with Gasteiger partial charge in [-0.25, -0.2) is 4.99 Å². The lowest BCUT2D eigenvalue weighted by molar-refractivity contribution is 0.391. The van der Waals surface area contributed by atoms with Crippen molar-refractivity contribution in [2.24, 2.45) is 4.99 Å². The summed E-state index contributed by atoms with van der Waals surface area (Å²) in [5.41, 5.74) is 1.02. The van der Waals surface area contributed by atoms with Crippen LogP contribution < -0.4 is 20.1 Å². The maximum Gasteiger partial charge on any atom is 0.191 e. The Morgan fingerprint density at radius 2 is 1.92 bits per heavy atom. The normalized spacial score (nSPS) is 10.8. The molecule has 0 aliphatic heterocycles. The number of rotatable bonds is 7. The van der Waals surface area contributed by atoms with Crippen LogP contribution in [0.3, 0.4) is 0 Å². The van der Waals surface area contributed by atoms with Gasteiger partial charge in [0.1, 0.15) is 11.5 Å². The fourth-order valence-electron chi connectivity index (χ4n) is 2.24. The van der Waals surface area contributed by atoms with Crippen molar-refractivity contribution in [3.63, 3.8) is 0 Å². The van der Waals surface area contributed by atoms with Crippen LogP contribution in [0.15, 0.2) is 35.3 Å². The minimum absolute atomic E-state index is 0. The first kappa shape index (κ1) is 21.6. The van der Waals surface area contributed by atoms with Gasteiger partial charge in [-0.1, -0.05) is 0 Å². The van der Waals surface area contributed by atoms with Crippen molar-refractivity contribution in [1.82, 2.24) is 10.6 Å². The van der Waals surface area contributed by atoms with E-state index in [0.29, 0.717) is 6.54 Å². The molecule has 7 heteroatoms. The van der Waals surface area contributed by atoms with Crippen molar-refractivity contribution in [2.45, 2.75) is 26.9 Å². The minimum Gasteiger partial charge on any atom is -0.497 e. The average molecular weight is 475 g/mol. The summed E-state index contributed by atoms with van der Waals surface area (Å²) in [7, 11) is 3.30. The van der Waals surface area contributed by atoms with E-state index in [-0.39, 0.29) is 24.0 Å². The van der Waals surface area contributed by atoms with Crippen LogP contribution in [0.1, 0.15) is 22.2 Å². The zero-order chi connectivity index (χ0) is 17.4. The number of ether oxygens (including phenoxy) is 2.